The summed E-state index contributed by atoms with van der Waals surface area (Å²) >= 11 is 0. The van der Waals surface area contributed by atoms with Crippen molar-refractivity contribution in [2.45, 2.75) is 0 Å². The summed E-state index contributed by atoms with van der Waals surface area (Å²) in [5.41, 5.74) is -1.28. The molecule has 0 unspecified atom stereocenters. The highest BCUT2D eigenvalue weighted by molar-refractivity contribution is 6.25. The van der Waals surface area contributed by atoms with E-state index in [1.54, 1.807) is 36.4 Å². The second-order valence-electron chi connectivity index (χ2n) is 8.62. The van der Waals surface area contributed by atoms with Crippen LogP contribution in [0.3, 0.4) is 0 Å². The zero-order valence-electron chi connectivity index (χ0n) is 19.9. The third kappa shape index (κ3) is 4.44. The van der Waals surface area contributed by atoms with E-state index in [1.165, 1.54) is 12.1 Å². The van der Waals surface area contributed by atoms with E-state index in [0.29, 0.717) is 28.0 Å². The zero-order valence-corrected chi connectivity index (χ0v) is 19.9. The van der Waals surface area contributed by atoms with E-state index in [1.807, 2.05) is 0 Å². The van der Waals surface area contributed by atoms with E-state index in [0.717, 1.165) is 34.1 Å². The molecule has 194 valence electrons. The van der Waals surface area contributed by atoms with Crippen molar-refractivity contribution in [3.63, 3.8) is 0 Å². The van der Waals surface area contributed by atoms with Gasteiger partial charge in [0, 0.05) is 41.4 Å². The number of benzene rings is 4. The smallest absolute Gasteiger partial charge is 0.289 e. The summed E-state index contributed by atoms with van der Waals surface area (Å²) in [6.07, 6.45) is 0. The third-order valence-electron chi connectivity index (χ3n) is 6.39. The quantitative estimate of drug-likeness (QED) is 0.191. The van der Waals surface area contributed by atoms with Crippen LogP contribution in [-0.4, -0.2) is 45.6 Å². The highest BCUT2D eigenvalue weighted by Gasteiger charge is 2.34. The molecule has 39 heavy (non-hydrogen) atoms. The topological polar surface area (TPSA) is 144 Å². The monoisotopic (exact) mass is 528 g/mol. The van der Waals surface area contributed by atoms with Gasteiger partial charge in [0.1, 0.15) is 11.4 Å². The fourth-order valence-electron chi connectivity index (χ4n) is 4.59. The van der Waals surface area contributed by atoms with E-state index in [9.17, 15) is 39.0 Å². The van der Waals surface area contributed by atoms with Crippen LogP contribution >= 0.6 is 0 Å². The summed E-state index contributed by atoms with van der Waals surface area (Å²) in [6.45, 7) is -0.655. The SMILES string of the molecule is O=C1c2cccc3cccc(c23)C(=O)N1CCN(C(=O)c1ccc([N+](=O)[O-])cc1[N+](=O)[O-])c1cccc(F)c1. The molecule has 4 aromatic carbocycles. The molecule has 0 aromatic heterocycles. The molecule has 11 nitrogen and oxygen atoms in total. The molecular formula is C27H17FN4O7. The number of imide groups is 1. The molecule has 0 fully saturated rings. The van der Waals surface area contributed by atoms with Crippen molar-refractivity contribution in [1.29, 1.82) is 0 Å². The minimum Gasteiger partial charge on any atom is -0.306 e. The van der Waals surface area contributed by atoms with E-state index < -0.39 is 50.3 Å². The van der Waals surface area contributed by atoms with Crippen molar-refractivity contribution in [2.75, 3.05) is 18.0 Å². The van der Waals surface area contributed by atoms with Crippen LogP contribution in [0.4, 0.5) is 21.5 Å². The number of anilines is 1. The molecule has 0 atom stereocenters. The third-order valence-corrected chi connectivity index (χ3v) is 6.39. The molecule has 1 heterocycles. The van der Waals surface area contributed by atoms with Gasteiger partial charge in [0.15, 0.2) is 0 Å². The zero-order chi connectivity index (χ0) is 27.8. The summed E-state index contributed by atoms with van der Waals surface area (Å²) in [4.78, 5) is 63.1. The Morgan fingerprint density at radius 3 is 2.08 bits per heavy atom. The fourth-order valence-corrected chi connectivity index (χ4v) is 4.59. The number of carbonyl (C=O) groups is 3. The van der Waals surface area contributed by atoms with Gasteiger partial charge in [-0.25, -0.2) is 4.39 Å². The first-order valence-electron chi connectivity index (χ1n) is 11.6. The molecular weight excluding hydrogens is 511 g/mol. The molecule has 12 heteroatoms. The van der Waals surface area contributed by atoms with Crippen LogP contribution in [0, 0.1) is 26.0 Å². The Labute approximate surface area is 219 Å². The van der Waals surface area contributed by atoms with Gasteiger partial charge in [0.25, 0.3) is 29.1 Å². The summed E-state index contributed by atoms with van der Waals surface area (Å²) in [5.74, 6) is -2.84. The average Bonchev–Trinajstić information content (AvgIpc) is 2.92. The first kappa shape index (κ1) is 25.1. The second kappa shape index (κ2) is 9.74. The Bertz CT molecular complexity index is 1670. The Balaban J connectivity index is 1.52. The molecule has 0 radical (unpaired) electrons. The molecule has 1 aliphatic rings. The lowest BCUT2D eigenvalue weighted by Gasteiger charge is -2.30. The van der Waals surface area contributed by atoms with E-state index in [4.69, 9.17) is 0 Å². The van der Waals surface area contributed by atoms with E-state index in [2.05, 4.69) is 0 Å². The first-order valence-corrected chi connectivity index (χ1v) is 11.6. The highest BCUT2D eigenvalue weighted by Crippen LogP contribution is 2.31. The lowest BCUT2D eigenvalue weighted by atomic mass is 9.94. The van der Waals surface area contributed by atoms with Crippen LogP contribution in [0.25, 0.3) is 10.8 Å². The largest absolute Gasteiger partial charge is 0.306 e. The van der Waals surface area contributed by atoms with E-state index in [-0.39, 0.29) is 18.8 Å². The maximum absolute atomic E-state index is 14.1. The van der Waals surface area contributed by atoms with Crippen molar-refractivity contribution in [1.82, 2.24) is 4.90 Å². The summed E-state index contributed by atoms with van der Waals surface area (Å²) in [6, 6.07) is 17.5. The van der Waals surface area contributed by atoms with Crippen molar-refractivity contribution in [3.05, 3.63) is 122 Å². The number of nitrogens with zero attached hydrogens (tertiary/aromatic N) is 4. The summed E-state index contributed by atoms with van der Waals surface area (Å²) < 4.78 is 14.1. The maximum atomic E-state index is 14.1. The van der Waals surface area contributed by atoms with Crippen LogP contribution < -0.4 is 4.90 Å². The first-order chi connectivity index (χ1) is 18.7. The van der Waals surface area contributed by atoms with Crippen LogP contribution in [0.15, 0.2) is 78.9 Å². The molecule has 5 rings (SSSR count). The minimum absolute atomic E-state index is 0.00654. The lowest BCUT2D eigenvalue weighted by molar-refractivity contribution is -0.394. The van der Waals surface area contributed by atoms with Gasteiger partial charge in [-0.1, -0.05) is 30.3 Å². The second-order valence-corrected chi connectivity index (χ2v) is 8.62. The molecule has 0 saturated heterocycles. The number of hydrogen-bond donors (Lipinski definition) is 0. The Kier molecular flexibility index (Phi) is 6.28. The lowest BCUT2D eigenvalue weighted by Crippen LogP contribution is -2.46. The van der Waals surface area contributed by atoms with Crippen LogP contribution in [0.1, 0.15) is 31.1 Å². The maximum Gasteiger partial charge on any atom is 0.289 e. The molecule has 1 aliphatic heterocycles. The van der Waals surface area contributed by atoms with Gasteiger partial charge in [0.05, 0.1) is 15.9 Å². The molecule has 0 spiro atoms. The number of hydrogen-bond acceptors (Lipinski definition) is 7. The van der Waals surface area contributed by atoms with Crippen LogP contribution in [-0.2, 0) is 0 Å². The number of carbonyl (C=O) groups excluding carboxylic acids is 3. The predicted molar refractivity (Wildman–Crippen MR) is 137 cm³/mol. The van der Waals surface area contributed by atoms with Gasteiger partial charge >= 0.3 is 0 Å². The number of nitro benzene ring substituents is 2. The van der Waals surface area contributed by atoms with Gasteiger partial charge < -0.3 is 4.90 Å². The van der Waals surface area contributed by atoms with E-state index >= 15 is 0 Å². The Morgan fingerprint density at radius 2 is 1.49 bits per heavy atom. The average molecular weight is 528 g/mol. The van der Waals surface area contributed by atoms with Crippen molar-refractivity contribution in [2.24, 2.45) is 0 Å². The number of halogens is 1. The normalized spacial score (nSPS) is 12.5. The highest BCUT2D eigenvalue weighted by atomic mass is 19.1. The number of amides is 3. The minimum atomic E-state index is -0.971. The molecule has 0 N–H and O–H groups in total. The number of nitro groups is 2. The van der Waals surface area contributed by atoms with Gasteiger partial charge in [0.2, 0.25) is 0 Å². The standard InChI is InChI=1S/C27H17FN4O7/c28-17-6-3-7-18(14-17)29(25(33)20-11-10-19(31(36)37)15-23(20)32(38)39)12-13-30-26(34)21-8-1-4-16-5-2-9-22(24(16)21)27(30)35/h1-11,14-15H,12-13H2. The number of non-ortho nitro benzene ring substituents is 1. The van der Waals surface area contributed by atoms with Crippen LogP contribution in [0.2, 0.25) is 0 Å². The summed E-state index contributed by atoms with van der Waals surface area (Å²) in [7, 11) is 0. The molecule has 0 aliphatic carbocycles. The fraction of sp³-hybridized carbons (Fsp3) is 0.0741. The van der Waals surface area contributed by atoms with Crippen molar-refractivity contribution >= 4 is 45.6 Å². The summed E-state index contributed by atoms with van der Waals surface area (Å²) in [5, 5.41) is 24.0. The molecule has 0 bridgehead atoms. The van der Waals surface area contributed by atoms with Gasteiger partial charge in [-0.15, -0.1) is 0 Å². The predicted octanol–water partition coefficient (Wildman–Crippen LogP) is 4.74. The van der Waals surface area contributed by atoms with Gasteiger partial charge in [-0.3, -0.25) is 39.5 Å². The Morgan fingerprint density at radius 1 is 0.846 bits per heavy atom. The Hall–Kier alpha value is -5.52. The van der Waals surface area contributed by atoms with Gasteiger partial charge in [-0.05, 0) is 41.8 Å². The van der Waals surface area contributed by atoms with Crippen molar-refractivity contribution < 1.29 is 28.6 Å². The number of rotatable bonds is 7. The van der Waals surface area contributed by atoms with Crippen molar-refractivity contribution in [3.8, 4) is 0 Å². The van der Waals surface area contributed by atoms with Crippen LogP contribution in [0.5, 0.6) is 0 Å². The molecule has 0 saturated carbocycles. The van der Waals surface area contributed by atoms with Gasteiger partial charge in [-0.2, -0.15) is 0 Å². The molecule has 4 aromatic rings. The molecule has 3 amide bonds.